The molecule has 7 rings (SSSR count). The highest BCUT2D eigenvalue weighted by atomic mass is 35.5. The third-order valence-electron chi connectivity index (χ3n) is 9.96. The van der Waals surface area contributed by atoms with E-state index in [-0.39, 0.29) is 28.6 Å². The van der Waals surface area contributed by atoms with Crippen molar-refractivity contribution in [1.29, 1.82) is 0 Å². The van der Waals surface area contributed by atoms with Crippen LogP contribution in [0.3, 0.4) is 0 Å². The largest absolute Gasteiger partial charge is 0.444 e. The molecular formula is C33H38Cl2N8O3. The van der Waals surface area contributed by atoms with Crippen LogP contribution in [0, 0.1) is 0 Å². The average Bonchev–Trinajstić information content (AvgIpc) is 3.59. The van der Waals surface area contributed by atoms with Gasteiger partial charge >= 0.3 is 6.09 Å². The Morgan fingerprint density at radius 1 is 1.02 bits per heavy atom. The van der Waals surface area contributed by atoms with E-state index in [0.717, 1.165) is 60.9 Å². The Morgan fingerprint density at radius 3 is 2.48 bits per heavy atom. The Labute approximate surface area is 277 Å². The van der Waals surface area contributed by atoms with Crippen LogP contribution in [-0.2, 0) is 15.8 Å². The minimum absolute atomic E-state index is 0.0715. The molecule has 11 nitrogen and oxygen atoms in total. The van der Waals surface area contributed by atoms with Crippen LogP contribution in [0.5, 0.6) is 0 Å². The van der Waals surface area contributed by atoms with E-state index in [4.69, 9.17) is 42.9 Å². The van der Waals surface area contributed by atoms with Crippen molar-refractivity contribution in [2.24, 2.45) is 4.99 Å². The van der Waals surface area contributed by atoms with Crippen molar-refractivity contribution in [3.8, 4) is 0 Å². The van der Waals surface area contributed by atoms with Gasteiger partial charge in [0.25, 0.3) is 0 Å². The van der Waals surface area contributed by atoms with Crippen LogP contribution in [0.25, 0.3) is 22.1 Å². The van der Waals surface area contributed by atoms with Gasteiger partial charge in [0.05, 0.1) is 34.7 Å². The van der Waals surface area contributed by atoms with Gasteiger partial charge in [0.15, 0.2) is 6.29 Å². The van der Waals surface area contributed by atoms with Gasteiger partial charge < -0.3 is 19.2 Å². The summed E-state index contributed by atoms with van der Waals surface area (Å²) in [7, 11) is 0. The summed E-state index contributed by atoms with van der Waals surface area (Å²) < 4.78 is 9.89. The van der Waals surface area contributed by atoms with Crippen LogP contribution >= 0.6 is 23.2 Å². The molecule has 5 heterocycles. The van der Waals surface area contributed by atoms with Gasteiger partial charge in [0.1, 0.15) is 16.9 Å². The summed E-state index contributed by atoms with van der Waals surface area (Å²) in [5.74, 6) is 0.0843. The predicted molar refractivity (Wildman–Crippen MR) is 177 cm³/mol. The van der Waals surface area contributed by atoms with Crippen LogP contribution < -0.4 is 5.32 Å². The lowest BCUT2D eigenvalue weighted by molar-refractivity contribution is 0.0485. The monoisotopic (exact) mass is 664 g/mol. The van der Waals surface area contributed by atoms with E-state index in [1.807, 2.05) is 31.6 Å². The highest BCUT2D eigenvalue weighted by molar-refractivity contribution is 6.28. The zero-order valence-corrected chi connectivity index (χ0v) is 27.9. The molecule has 1 aliphatic heterocycles. The van der Waals surface area contributed by atoms with Crippen molar-refractivity contribution in [2.45, 2.75) is 101 Å². The number of hydrogen-bond donors (Lipinski definition) is 1. The fourth-order valence-corrected chi connectivity index (χ4v) is 8.30. The number of halogens is 2. The summed E-state index contributed by atoms with van der Waals surface area (Å²) in [6.07, 6.45) is 12.3. The van der Waals surface area contributed by atoms with Crippen LogP contribution in [0.2, 0.25) is 10.6 Å². The molecule has 4 aromatic rings. The quantitative estimate of drug-likeness (QED) is 0.180. The van der Waals surface area contributed by atoms with Crippen molar-refractivity contribution < 1.29 is 14.3 Å². The van der Waals surface area contributed by atoms with Gasteiger partial charge in [-0.3, -0.25) is 9.79 Å². The Hall–Kier alpha value is -3.57. The highest BCUT2D eigenvalue weighted by Crippen LogP contribution is 2.47. The number of ether oxygens (including phenoxy) is 1. The third-order valence-corrected chi connectivity index (χ3v) is 10.3. The van der Waals surface area contributed by atoms with Crippen LogP contribution in [-0.4, -0.2) is 66.4 Å². The molecule has 1 spiro atoms. The van der Waals surface area contributed by atoms with Gasteiger partial charge in [-0.25, -0.2) is 14.8 Å². The molecular weight excluding hydrogens is 627 g/mol. The minimum atomic E-state index is -0.683. The number of nitrogens with one attached hydrogen (secondary N) is 1. The second kappa shape index (κ2) is 11.6. The van der Waals surface area contributed by atoms with E-state index in [0.29, 0.717) is 29.6 Å². The second-order valence-corrected chi connectivity index (χ2v) is 14.7. The lowest BCUT2D eigenvalue weighted by Crippen LogP contribution is -2.49. The smallest absolute Gasteiger partial charge is 0.407 e. The number of rotatable bonds is 5. The predicted octanol–water partition coefficient (Wildman–Crippen LogP) is 6.97. The van der Waals surface area contributed by atoms with Gasteiger partial charge in [-0.1, -0.05) is 19.3 Å². The van der Waals surface area contributed by atoms with Gasteiger partial charge in [-0.05, 0) is 94.6 Å². The minimum Gasteiger partial charge on any atom is -0.444 e. The first kappa shape index (κ1) is 31.1. The highest BCUT2D eigenvalue weighted by Gasteiger charge is 2.43. The van der Waals surface area contributed by atoms with Crippen molar-refractivity contribution in [3.63, 3.8) is 0 Å². The SMILES string of the molecule is CC(C)(C)OC(=O)NCC1(n2c(C=O)cc3cnc(Cl)nc32)CCC(c2nc(Cl)nc3c2cc2n3C3(CCCCC3)CN=C2)CC1. The lowest BCUT2D eigenvalue weighted by Gasteiger charge is -2.42. The number of hydrogen-bond acceptors (Lipinski definition) is 8. The summed E-state index contributed by atoms with van der Waals surface area (Å²) in [4.78, 5) is 48.4. The summed E-state index contributed by atoms with van der Waals surface area (Å²) in [5, 5.41) is 5.03. The zero-order chi connectivity index (χ0) is 32.3. The van der Waals surface area contributed by atoms with Gasteiger partial charge in [-0.2, -0.15) is 9.97 Å². The number of carbonyl (C=O) groups excluding carboxylic acids is 2. The maximum atomic E-state index is 12.9. The van der Waals surface area contributed by atoms with E-state index in [9.17, 15) is 9.59 Å². The molecule has 0 radical (unpaired) electrons. The van der Waals surface area contributed by atoms with E-state index in [1.54, 1.807) is 12.3 Å². The number of fused-ring (bicyclic) bond motifs is 5. The van der Waals surface area contributed by atoms with Crippen molar-refractivity contribution in [2.75, 3.05) is 13.1 Å². The first-order valence-corrected chi connectivity index (χ1v) is 16.8. The zero-order valence-electron chi connectivity index (χ0n) is 26.4. The summed E-state index contributed by atoms with van der Waals surface area (Å²) in [5.41, 5.74) is 2.46. The molecule has 2 aliphatic carbocycles. The standard InChI is InChI=1S/C33H38Cl2N8O3/c1-31(2,3)46-30(45)38-19-33(43-23(17-44)13-21-15-37-28(34)40-26(21)43)11-7-20(8-12-33)25-24-14-22-16-36-18-32(9-5-4-6-10-32)42(22)27(24)41-29(35)39-25/h13-17,20H,4-12,18-19H2,1-3H3,(H,38,45). The molecule has 0 aromatic carbocycles. The maximum Gasteiger partial charge on any atom is 0.407 e. The number of amides is 1. The molecule has 13 heteroatoms. The maximum absolute atomic E-state index is 12.9. The van der Waals surface area contributed by atoms with Gasteiger partial charge in [0, 0.05) is 35.6 Å². The van der Waals surface area contributed by atoms with Crippen LogP contribution in [0.15, 0.2) is 23.3 Å². The Kier molecular flexibility index (Phi) is 7.83. The molecule has 0 unspecified atom stereocenters. The van der Waals surface area contributed by atoms with E-state index in [2.05, 4.69) is 25.9 Å². The number of aromatic nitrogens is 6. The van der Waals surface area contributed by atoms with Crippen LogP contribution in [0.1, 0.15) is 106 Å². The molecule has 2 saturated carbocycles. The molecule has 0 atom stereocenters. The lowest BCUT2D eigenvalue weighted by atomic mass is 9.74. The molecule has 4 aromatic heterocycles. The molecule has 3 aliphatic rings. The molecule has 0 saturated heterocycles. The molecule has 2 fully saturated rings. The van der Waals surface area contributed by atoms with E-state index >= 15 is 0 Å². The summed E-state index contributed by atoms with van der Waals surface area (Å²) in [6.45, 7) is 6.47. The fraction of sp³-hybridized carbons (Fsp3) is 0.545. The first-order valence-electron chi connectivity index (χ1n) is 16.1. The average molecular weight is 666 g/mol. The Bertz CT molecular complexity index is 1860. The molecule has 46 heavy (non-hydrogen) atoms. The summed E-state index contributed by atoms with van der Waals surface area (Å²) >= 11 is 12.9. The van der Waals surface area contributed by atoms with E-state index < -0.39 is 17.2 Å². The Balaban J connectivity index is 1.26. The number of nitrogens with zero attached hydrogens (tertiary/aromatic N) is 7. The molecule has 242 valence electrons. The van der Waals surface area contributed by atoms with Crippen molar-refractivity contribution in [1.82, 2.24) is 34.4 Å². The normalized spacial score (nSPS) is 22.7. The Morgan fingerprint density at radius 2 is 1.76 bits per heavy atom. The van der Waals surface area contributed by atoms with Crippen molar-refractivity contribution >= 4 is 63.9 Å². The number of carbonyl (C=O) groups is 2. The van der Waals surface area contributed by atoms with E-state index in [1.165, 1.54) is 19.3 Å². The topological polar surface area (TPSA) is 129 Å². The number of alkyl carbamates (subject to hydrolysis) is 1. The molecule has 1 amide bonds. The van der Waals surface area contributed by atoms with Crippen molar-refractivity contribution in [3.05, 3.63) is 46.0 Å². The molecule has 1 N–H and O–H groups in total. The van der Waals surface area contributed by atoms with Gasteiger partial charge in [0.2, 0.25) is 10.6 Å². The fourth-order valence-electron chi connectivity index (χ4n) is 8.00. The number of aliphatic imine (C=N–C) groups is 1. The number of aldehydes is 1. The molecule has 0 bridgehead atoms. The first-order chi connectivity index (χ1) is 22.0. The van der Waals surface area contributed by atoms with Gasteiger partial charge in [-0.15, -0.1) is 0 Å². The second-order valence-electron chi connectivity index (χ2n) is 14.1. The summed E-state index contributed by atoms with van der Waals surface area (Å²) in [6, 6.07) is 3.94. The van der Waals surface area contributed by atoms with Crippen LogP contribution in [0.4, 0.5) is 4.79 Å². The third kappa shape index (κ3) is 5.45.